The second kappa shape index (κ2) is 10.5. The molecule has 1 amide bonds. The Balaban J connectivity index is 0.00000264. The van der Waals surface area contributed by atoms with Crippen LogP contribution in [0.2, 0.25) is 0 Å². The van der Waals surface area contributed by atoms with Gasteiger partial charge in [-0.25, -0.2) is 4.98 Å². The smallest absolute Gasteiger partial charge is 0.422 e. The molecule has 6 nitrogen and oxygen atoms in total. The number of rotatable bonds is 5. The molecule has 1 aromatic heterocycles. The Morgan fingerprint density at radius 1 is 1.42 bits per heavy atom. The minimum atomic E-state index is -4.41. The minimum Gasteiger partial charge on any atom is -0.468 e. The van der Waals surface area contributed by atoms with Gasteiger partial charge in [-0.15, -0.1) is 24.8 Å². The van der Waals surface area contributed by atoms with E-state index >= 15 is 0 Å². The number of nitrogens with one attached hydrogen (secondary N) is 2. The Labute approximate surface area is 149 Å². The first kappa shape index (κ1) is 22.7. The van der Waals surface area contributed by atoms with Crippen molar-refractivity contribution < 1.29 is 27.4 Å². The zero-order chi connectivity index (χ0) is 16.0. The van der Waals surface area contributed by atoms with Crippen molar-refractivity contribution in [2.24, 2.45) is 0 Å². The summed E-state index contributed by atoms with van der Waals surface area (Å²) in [6.45, 7) is 0.390. The van der Waals surface area contributed by atoms with E-state index in [1.807, 2.05) is 0 Å². The molecule has 1 aliphatic rings. The van der Waals surface area contributed by atoms with Gasteiger partial charge in [0.05, 0.1) is 25.1 Å². The Bertz CT molecular complexity index is 497. The number of aromatic nitrogens is 1. The largest absolute Gasteiger partial charge is 0.468 e. The number of halogens is 5. The zero-order valence-electron chi connectivity index (χ0n) is 12.5. The molecule has 1 aliphatic heterocycles. The molecule has 0 radical (unpaired) electrons. The number of pyridine rings is 1. The van der Waals surface area contributed by atoms with Gasteiger partial charge in [0, 0.05) is 25.1 Å². The highest BCUT2D eigenvalue weighted by Gasteiger charge is 2.28. The second-order valence-electron chi connectivity index (χ2n) is 4.77. The van der Waals surface area contributed by atoms with Gasteiger partial charge in [0.25, 0.3) is 0 Å². The van der Waals surface area contributed by atoms with E-state index in [-0.39, 0.29) is 49.1 Å². The number of ether oxygens (including phenoxy) is 2. The molecular weight excluding hydrogens is 374 g/mol. The Hall–Kier alpha value is -1.29. The highest BCUT2D eigenvalue weighted by molar-refractivity contribution is 5.90. The SMILES string of the molecule is Cl.Cl.O=C(CC1COCCN1)Nc1ccc(OCC(F)(F)F)nc1. The number of carbonyl (C=O) groups is 1. The Morgan fingerprint density at radius 2 is 2.17 bits per heavy atom. The van der Waals surface area contributed by atoms with Gasteiger partial charge in [0.2, 0.25) is 11.8 Å². The van der Waals surface area contributed by atoms with Gasteiger partial charge in [-0.05, 0) is 6.07 Å². The topological polar surface area (TPSA) is 72.5 Å². The second-order valence-corrected chi connectivity index (χ2v) is 4.77. The predicted octanol–water partition coefficient (Wildman–Crippen LogP) is 2.18. The van der Waals surface area contributed by atoms with Crippen molar-refractivity contribution >= 4 is 36.4 Å². The van der Waals surface area contributed by atoms with Crippen molar-refractivity contribution in [1.29, 1.82) is 0 Å². The van der Waals surface area contributed by atoms with E-state index in [1.165, 1.54) is 18.3 Å². The number of hydrogen-bond donors (Lipinski definition) is 2. The lowest BCUT2D eigenvalue weighted by molar-refractivity contribution is -0.154. The molecule has 24 heavy (non-hydrogen) atoms. The van der Waals surface area contributed by atoms with Crippen LogP contribution in [0, 0.1) is 0 Å². The van der Waals surface area contributed by atoms with Crippen LogP contribution in [0.15, 0.2) is 18.3 Å². The number of alkyl halides is 3. The number of amides is 1. The predicted molar refractivity (Wildman–Crippen MR) is 86.1 cm³/mol. The fourth-order valence-corrected chi connectivity index (χ4v) is 1.88. The standard InChI is InChI=1S/C13H16F3N3O3.2ClH/c14-13(15,16)8-22-12-2-1-9(6-18-12)19-11(20)5-10-7-21-4-3-17-10;;/h1-2,6,10,17H,3-5,7-8H2,(H,19,20);2*1H. The molecular formula is C13H18Cl2F3N3O3. The first-order chi connectivity index (χ1) is 10.4. The molecule has 138 valence electrons. The molecule has 0 aromatic carbocycles. The molecule has 2 heterocycles. The Morgan fingerprint density at radius 3 is 2.71 bits per heavy atom. The summed E-state index contributed by atoms with van der Waals surface area (Å²) >= 11 is 0. The van der Waals surface area contributed by atoms with Gasteiger partial charge in [0.1, 0.15) is 0 Å². The fourth-order valence-electron chi connectivity index (χ4n) is 1.88. The zero-order valence-corrected chi connectivity index (χ0v) is 14.1. The van der Waals surface area contributed by atoms with E-state index in [1.54, 1.807) is 0 Å². The molecule has 0 bridgehead atoms. The van der Waals surface area contributed by atoms with Crippen LogP contribution >= 0.6 is 24.8 Å². The third kappa shape index (κ3) is 8.53. The van der Waals surface area contributed by atoms with Gasteiger partial charge < -0.3 is 20.1 Å². The molecule has 2 N–H and O–H groups in total. The summed E-state index contributed by atoms with van der Waals surface area (Å²) in [5.74, 6) is -0.383. The fraction of sp³-hybridized carbons (Fsp3) is 0.538. The highest BCUT2D eigenvalue weighted by Crippen LogP contribution is 2.18. The van der Waals surface area contributed by atoms with Crippen LogP contribution in [0.5, 0.6) is 5.88 Å². The van der Waals surface area contributed by atoms with Crippen LogP contribution in [-0.4, -0.2) is 49.5 Å². The molecule has 1 saturated heterocycles. The molecule has 0 saturated carbocycles. The normalized spacial score (nSPS) is 17.2. The van der Waals surface area contributed by atoms with E-state index in [2.05, 4.69) is 20.4 Å². The van der Waals surface area contributed by atoms with E-state index < -0.39 is 12.8 Å². The van der Waals surface area contributed by atoms with Crippen LogP contribution in [0.25, 0.3) is 0 Å². The van der Waals surface area contributed by atoms with Crippen LogP contribution in [-0.2, 0) is 9.53 Å². The van der Waals surface area contributed by atoms with Gasteiger partial charge >= 0.3 is 6.18 Å². The molecule has 1 unspecified atom stereocenters. The van der Waals surface area contributed by atoms with Gasteiger partial charge in [-0.1, -0.05) is 0 Å². The van der Waals surface area contributed by atoms with E-state index in [0.29, 0.717) is 25.4 Å². The lowest BCUT2D eigenvalue weighted by Crippen LogP contribution is -2.43. The summed E-state index contributed by atoms with van der Waals surface area (Å²) in [7, 11) is 0. The number of morpholine rings is 1. The summed E-state index contributed by atoms with van der Waals surface area (Å²) in [6, 6.07) is 2.65. The maximum Gasteiger partial charge on any atom is 0.422 e. The summed E-state index contributed by atoms with van der Waals surface area (Å²) in [5.41, 5.74) is 0.390. The molecule has 2 rings (SSSR count). The van der Waals surface area contributed by atoms with Crippen molar-refractivity contribution in [2.45, 2.75) is 18.6 Å². The third-order valence-corrected chi connectivity index (χ3v) is 2.83. The van der Waals surface area contributed by atoms with Gasteiger partial charge in [0.15, 0.2) is 6.61 Å². The lowest BCUT2D eigenvalue weighted by Gasteiger charge is -2.23. The summed E-state index contributed by atoms with van der Waals surface area (Å²) in [6.07, 6.45) is -2.93. The Kier molecular flexibility index (Phi) is 9.98. The molecule has 1 fully saturated rings. The van der Waals surface area contributed by atoms with Crippen molar-refractivity contribution in [3.05, 3.63) is 18.3 Å². The molecule has 0 spiro atoms. The van der Waals surface area contributed by atoms with E-state index in [4.69, 9.17) is 4.74 Å². The summed E-state index contributed by atoms with van der Waals surface area (Å²) in [4.78, 5) is 15.5. The van der Waals surface area contributed by atoms with Crippen molar-refractivity contribution in [2.75, 3.05) is 31.7 Å². The molecule has 1 atom stereocenters. The molecule has 0 aliphatic carbocycles. The van der Waals surface area contributed by atoms with Crippen molar-refractivity contribution in [3.63, 3.8) is 0 Å². The number of carbonyl (C=O) groups excluding carboxylic acids is 1. The molecule has 11 heteroatoms. The summed E-state index contributed by atoms with van der Waals surface area (Å²) < 4.78 is 45.7. The van der Waals surface area contributed by atoms with Crippen LogP contribution in [0.1, 0.15) is 6.42 Å². The quantitative estimate of drug-likeness (QED) is 0.804. The number of nitrogens with zero attached hydrogens (tertiary/aromatic N) is 1. The first-order valence-corrected chi connectivity index (χ1v) is 6.69. The molecule has 1 aromatic rings. The number of anilines is 1. The van der Waals surface area contributed by atoms with Crippen LogP contribution in [0.3, 0.4) is 0 Å². The maximum absolute atomic E-state index is 12.0. The highest BCUT2D eigenvalue weighted by atomic mass is 35.5. The minimum absolute atomic E-state index is 0. The van der Waals surface area contributed by atoms with Gasteiger partial charge in [-0.2, -0.15) is 13.2 Å². The van der Waals surface area contributed by atoms with E-state index in [0.717, 1.165) is 0 Å². The third-order valence-electron chi connectivity index (χ3n) is 2.83. The lowest BCUT2D eigenvalue weighted by atomic mass is 10.2. The van der Waals surface area contributed by atoms with Crippen LogP contribution < -0.4 is 15.4 Å². The number of hydrogen-bond acceptors (Lipinski definition) is 5. The van der Waals surface area contributed by atoms with E-state index in [9.17, 15) is 18.0 Å². The van der Waals surface area contributed by atoms with Crippen molar-refractivity contribution in [1.82, 2.24) is 10.3 Å². The average molecular weight is 392 g/mol. The maximum atomic E-state index is 12.0. The van der Waals surface area contributed by atoms with Crippen LogP contribution in [0.4, 0.5) is 18.9 Å². The summed E-state index contributed by atoms with van der Waals surface area (Å²) in [5, 5.41) is 5.76. The first-order valence-electron chi connectivity index (χ1n) is 6.69. The van der Waals surface area contributed by atoms with Crippen molar-refractivity contribution in [3.8, 4) is 5.88 Å². The van der Waals surface area contributed by atoms with Gasteiger partial charge in [-0.3, -0.25) is 4.79 Å². The average Bonchev–Trinajstić information content (AvgIpc) is 2.47. The monoisotopic (exact) mass is 391 g/mol.